The summed E-state index contributed by atoms with van der Waals surface area (Å²) in [7, 11) is 0. The molecule has 2 amide bonds. The van der Waals surface area contributed by atoms with Gasteiger partial charge in [-0.25, -0.2) is 4.98 Å². The number of nitrogens with zero attached hydrogens (tertiary/aromatic N) is 2. The number of nitrogens with one attached hydrogen (secondary N) is 2. The molecule has 0 atom stereocenters. The van der Waals surface area contributed by atoms with Crippen molar-refractivity contribution in [1.29, 1.82) is 0 Å². The van der Waals surface area contributed by atoms with Gasteiger partial charge in [0.1, 0.15) is 5.69 Å². The molecule has 6 nitrogen and oxygen atoms in total. The van der Waals surface area contributed by atoms with Crippen LogP contribution in [0, 0.1) is 0 Å². The summed E-state index contributed by atoms with van der Waals surface area (Å²) in [5.74, 6) is -0.780. The molecule has 0 aliphatic heterocycles. The summed E-state index contributed by atoms with van der Waals surface area (Å²) in [4.78, 5) is 28.9. The van der Waals surface area contributed by atoms with Crippen LogP contribution in [0.5, 0.6) is 0 Å². The minimum atomic E-state index is -0.448. The van der Waals surface area contributed by atoms with E-state index in [1.165, 1.54) is 18.0 Å². The average Bonchev–Trinajstić information content (AvgIpc) is 3.13. The highest BCUT2D eigenvalue weighted by Gasteiger charge is 2.18. The summed E-state index contributed by atoms with van der Waals surface area (Å²) in [6.07, 6.45) is 3.50. The third-order valence-corrected chi connectivity index (χ3v) is 4.66. The number of hydrogen-bond acceptors (Lipinski definition) is 4. The van der Waals surface area contributed by atoms with Crippen molar-refractivity contribution < 1.29 is 9.59 Å². The highest BCUT2D eigenvalue weighted by atomic mass is 35.5. The van der Waals surface area contributed by atoms with Gasteiger partial charge in [0.15, 0.2) is 5.16 Å². The van der Waals surface area contributed by atoms with Crippen LogP contribution in [0.4, 0.5) is 0 Å². The number of halogens is 1. The number of benzene rings is 2. The summed E-state index contributed by atoms with van der Waals surface area (Å²) in [6.45, 7) is 0. The molecule has 0 saturated carbocycles. The fourth-order valence-electron chi connectivity index (χ4n) is 2.49. The molecule has 1 heterocycles. The molecule has 0 aliphatic carbocycles. The van der Waals surface area contributed by atoms with Gasteiger partial charge in [0.05, 0.1) is 12.6 Å². The standard InChI is InChI=1S/C19H17ClN4O2S/c1-27-19-21-12-16(24(19)15-5-3-2-4-6-15)18(26)23-22-17(25)11-13-7-9-14(20)10-8-13/h2-10,12H,11H2,1H3,(H,22,25)(H,23,26). The summed E-state index contributed by atoms with van der Waals surface area (Å²) in [6, 6.07) is 16.4. The van der Waals surface area contributed by atoms with Crippen LogP contribution in [0.1, 0.15) is 16.1 Å². The van der Waals surface area contributed by atoms with Gasteiger partial charge >= 0.3 is 0 Å². The summed E-state index contributed by atoms with van der Waals surface area (Å²) >= 11 is 7.26. The number of para-hydroxylation sites is 1. The Hall–Kier alpha value is -2.77. The fraction of sp³-hybridized carbons (Fsp3) is 0.105. The van der Waals surface area contributed by atoms with E-state index in [0.717, 1.165) is 11.3 Å². The maximum Gasteiger partial charge on any atom is 0.288 e. The van der Waals surface area contributed by atoms with Gasteiger partial charge in [-0.3, -0.25) is 25.0 Å². The quantitative estimate of drug-likeness (QED) is 0.509. The molecule has 0 aliphatic rings. The zero-order chi connectivity index (χ0) is 19.2. The van der Waals surface area contributed by atoms with Gasteiger partial charge in [0, 0.05) is 10.7 Å². The lowest BCUT2D eigenvalue weighted by Gasteiger charge is -2.12. The van der Waals surface area contributed by atoms with Crippen molar-refractivity contribution in [2.24, 2.45) is 0 Å². The van der Waals surface area contributed by atoms with Crippen LogP contribution in [0.15, 0.2) is 66.0 Å². The molecule has 27 heavy (non-hydrogen) atoms. The molecule has 0 saturated heterocycles. The van der Waals surface area contributed by atoms with Crippen molar-refractivity contribution in [3.63, 3.8) is 0 Å². The van der Waals surface area contributed by atoms with Gasteiger partial charge in [-0.2, -0.15) is 0 Å². The topological polar surface area (TPSA) is 76.0 Å². The molecule has 2 aromatic carbocycles. The Balaban J connectivity index is 1.69. The van der Waals surface area contributed by atoms with Crippen molar-refractivity contribution in [2.75, 3.05) is 6.26 Å². The van der Waals surface area contributed by atoms with Crippen molar-refractivity contribution in [3.8, 4) is 5.69 Å². The molecule has 2 N–H and O–H groups in total. The Morgan fingerprint density at radius 3 is 2.44 bits per heavy atom. The molecule has 0 unspecified atom stereocenters. The number of hydrazine groups is 1. The van der Waals surface area contributed by atoms with Crippen molar-refractivity contribution in [3.05, 3.63) is 77.1 Å². The van der Waals surface area contributed by atoms with Gasteiger partial charge in [-0.15, -0.1) is 0 Å². The van der Waals surface area contributed by atoms with E-state index >= 15 is 0 Å². The van der Waals surface area contributed by atoms with E-state index < -0.39 is 5.91 Å². The van der Waals surface area contributed by atoms with E-state index in [4.69, 9.17) is 11.6 Å². The molecule has 0 spiro atoms. The summed E-state index contributed by atoms with van der Waals surface area (Å²) in [5, 5.41) is 1.28. The molecule has 0 bridgehead atoms. The molecular formula is C19H17ClN4O2S. The Morgan fingerprint density at radius 1 is 1.07 bits per heavy atom. The summed E-state index contributed by atoms with van der Waals surface area (Å²) < 4.78 is 1.74. The molecule has 8 heteroatoms. The van der Waals surface area contributed by atoms with Crippen molar-refractivity contribution in [1.82, 2.24) is 20.4 Å². The lowest BCUT2D eigenvalue weighted by Crippen LogP contribution is -2.43. The molecule has 3 rings (SSSR count). The molecule has 0 fully saturated rings. The van der Waals surface area contributed by atoms with E-state index in [1.54, 1.807) is 28.8 Å². The number of rotatable bonds is 5. The largest absolute Gasteiger partial charge is 0.288 e. The van der Waals surface area contributed by atoms with Crippen LogP contribution in [0.3, 0.4) is 0 Å². The Labute approximate surface area is 165 Å². The minimum absolute atomic E-state index is 0.130. The Bertz CT molecular complexity index is 942. The van der Waals surface area contributed by atoms with Crippen molar-refractivity contribution >= 4 is 35.2 Å². The van der Waals surface area contributed by atoms with Gasteiger partial charge in [0.2, 0.25) is 5.91 Å². The maximum absolute atomic E-state index is 12.6. The van der Waals surface area contributed by atoms with Crippen molar-refractivity contribution in [2.45, 2.75) is 11.6 Å². The van der Waals surface area contributed by atoms with E-state index in [-0.39, 0.29) is 12.3 Å². The predicted molar refractivity (Wildman–Crippen MR) is 106 cm³/mol. The second-order valence-electron chi connectivity index (χ2n) is 5.61. The van der Waals surface area contributed by atoms with E-state index in [0.29, 0.717) is 15.9 Å². The highest BCUT2D eigenvalue weighted by Crippen LogP contribution is 2.21. The van der Waals surface area contributed by atoms with E-state index in [1.807, 2.05) is 36.6 Å². The normalized spacial score (nSPS) is 10.4. The van der Waals surface area contributed by atoms with Crippen LogP contribution in [0.2, 0.25) is 5.02 Å². The number of amides is 2. The first-order valence-corrected chi connectivity index (χ1v) is 9.69. The molecule has 1 aromatic heterocycles. The zero-order valence-electron chi connectivity index (χ0n) is 14.5. The highest BCUT2D eigenvalue weighted by molar-refractivity contribution is 7.98. The summed E-state index contributed by atoms with van der Waals surface area (Å²) in [5.41, 5.74) is 6.82. The number of aromatic nitrogens is 2. The Morgan fingerprint density at radius 2 is 1.78 bits per heavy atom. The molecule has 138 valence electrons. The first-order valence-electron chi connectivity index (χ1n) is 8.09. The number of thioether (sulfide) groups is 1. The lowest BCUT2D eigenvalue weighted by atomic mass is 10.1. The minimum Gasteiger partial charge on any atom is -0.283 e. The second-order valence-corrected chi connectivity index (χ2v) is 6.82. The SMILES string of the molecule is CSc1ncc(C(=O)NNC(=O)Cc2ccc(Cl)cc2)n1-c1ccccc1. The second kappa shape index (κ2) is 8.75. The van der Waals surface area contributed by atoms with E-state index in [9.17, 15) is 9.59 Å². The first kappa shape index (κ1) is 19.0. The van der Waals surface area contributed by atoms with E-state index in [2.05, 4.69) is 15.8 Å². The van der Waals surface area contributed by atoms with Crippen LogP contribution >= 0.6 is 23.4 Å². The smallest absolute Gasteiger partial charge is 0.283 e. The molecular weight excluding hydrogens is 384 g/mol. The number of hydrogen-bond donors (Lipinski definition) is 2. The predicted octanol–water partition coefficient (Wildman–Crippen LogP) is 3.25. The lowest BCUT2D eigenvalue weighted by molar-refractivity contribution is -0.121. The third-order valence-electron chi connectivity index (χ3n) is 3.75. The Kier molecular flexibility index (Phi) is 6.16. The maximum atomic E-state index is 12.6. The van der Waals surface area contributed by atoms with Crippen LogP contribution in [-0.2, 0) is 11.2 Å². The monoisotopic (exact) mass is 400 g/mol. The van der Waals surface area contributed by atoms with Gasteiger partial charge in [0.25, 0.3) is 5.91 Å². The zero-order valence-corrected chi connectivity index (χ0v) is 16.1. The van der Waals surface area contributed by atoms with Gasteiger partial charge in [-0.05, 0) is 36.1 Å². The molecule has 3 aromatic rings. The number of imidazole rings is 1. The fourth-order valence-corrected chi connectivity index (χ4v) is 3.16. The third kappa shape index (κ3) is 4.69. The van der Waals surface area contributed by atoms with Crippen LogP contribution in [0.25, 0.3) is 5.69 Å². The first-order chi connectivity index (χ1) is 13.1. The number of carbonyl (C=O) groups is 2. The molecule has 0 radical (unpaired) electrons. The average molecular weight is 401 g/mol. The van der Waals surface area contributed by atoms with Gasteiger partial charge in [-0.1, -0.05) is 53.7 Å². The van der Waals surface area contributed by atoms with Crippen LogP contribution in [-0.4, -0.2) is 27.6 Å². The van der Waals surface area contributed by atoms with Gasteiger partial charge < -0.3 is 0 Å². The number of carbonyl (C=O) groups excluding carboxylic acids is 2. The van der Waals surface area contributed by atoms with Crippen LogP contribution < -0.4 is 10.9 Å².